The van der Waals surface area contributed by atoms with Gasteiger partial charge in [-0.1, -0.05) is 19.1 Å². The van der Waals surface area contributed by atoms with Crippen LogP contribution in [0.1, 0.15) is 30.0 Å². The van der Waals surface area contributed by atoms with E-state index in [4.69, 9.17) is 9.15 Å². The lowest BCUT2D eigenvalue weighted by Gasteiger charge is -2.33. The fourth-order valence-electron chi connectivity index (χ4n) is 3.11. The zero-order valence-electron chi connectivity index (χ0n) is 15.3. The molecule has 6 nitrogen and oxygen atoms in total. The van der Waals surface area contributed by atoms with E-state index in [9.17, 15) is 8.42 Å². The molecule has 2 aromatic rings. The molecule has 1 aliphatic heterocycles. The first kappa shape index (κ1) is 19.1. The van der Waals surface area contributed by atoms with Crippen LogP contribution in [-0.4, -0.2) is 46.2 Å². The van der Waals surface area contributed by atoms with Crippen LogP contribution in [0.25, 0.3) is 0 Å². The van der Waals surface area contributed by atoms with E-state index in [1.54, 1.807) is 12.1 Å². The number of hydrogen-bond donors (Lipinski definition) is 1. The molecule has 1 aliphatic rings. The van der Waals surface area contributed by atoms with Gasteiger partial charge in [-0.25, -0.2) is 13.1 Å². The Morgan fingerprint density at radius 3 is 2.38 bits per heavy atom. The van der Waals surface area contributed by atoms with E-state index in [1.807, 2.05) is 38.1 Å². The van der Waals surface area contributed by atoms with Crippen LogP contribution >= 0.6 is 0 Å². The molecule has 1 aromatic carbocycles. The van der Waals surface area contributed by atoms with Crippen LogP contribution in [0.15, 0.2) is 45.7 Å². The fourth-order valence-corrected chi connectivity index (χ4v) is 4.15. The Morgan fingerprint density at radius 1 is 1.12 bits per heavy atom. The molecular weight excluding hydrogens is 352 g/mol. The average molecular weight is 378 g/mol. The SMILES string of the molecule is CCc1ccc(S(=O)(=O)NCC(c2ccc(C)o2)N2CCOCC2)cc1. The second kappa shape index (κ2) is 8.35. The first-order chi connectivity index (χ1) is 12.5. The molecule has 1 aromatic heterocycles. The van der Waals surface area contributed by atoms with Crippen LogP contribution in [-0.2, 0) is 21.2 Å². The number of nitrogens with one attached hydrogen (secondary N) is 1. The van der Waals surface area contributed by atoms with Crippen molar-refractivity contribution in [2.75, 3.05) is 32.8 Å². The number of furan rings is 1. The normalized spacial score (nSPS) is 17.3. The van der Waals surface area contributed by atoms with Gasteiger partial charge in [0, 0.05) is 19.6 Å². The van der Waals surface area contributed by atoms with Gasteiger partial charge in [-0.2, -0.15) is 0 Å². The van der Waals surface area contributed by atoms with E-state index >= 15 is 0 Å². The summed E-state index contributed by atoms with van der Waals surface area (Å²) in [6.45, 7) is 6.96. The molecule has 1 fully saturated rings. The summed E-state index contributed by atoms with van der Waals surface area (Å²) < 4.78 is 39.3. The van der Waals surface area contributed by atoms with Crippen LogP contribution in [0.5, 0.6) is 0 Å². The minimum absolute atomic E-state index is 0.155. The van der Waals surface area contributed by atoms with Crippen molar-refractivity contribution >= 4 is 10.0 Å². The summed E-state index contributed by atoms with van der Waals surface area (Å²) in [5.74, 6) is 1.59. The zero-order valence-corrected chi connectivity index (χ0v) is 16.1. The molecule has 0 amide bonds. The van der Waals surface area contributed by atoms with Gasteiger partial charge in [0.15, 0.2) is 0 Å². The number of hydrogen-bond acceptors (Lipinski definition) is 5. The first-order valence-corrected chi connectivity index (χ1v) is 10.4. The van der Waals surface area contributed by atoms with Crippen molar-refractivity contribution in [3.05, 3.63) is 53.5 Å². The highest BCUT2D eigenvalue weighted by Crippen LogP contribution is 2.24. The van der Waals surface area contributed by atoms with Crippen molar-refractivity contribution in [1.82, 2.24) is 9.62 Å². The second-order valence-electron chi connectivity index (χ2n) is 6.46. The second-order valence-corrected chi connectivity index (χ2v) is 8.23. The van der Waals surface area contributed by atoms with E-state index in [1.165, 1.54) is 0 Å². The summed E-state index contributed by atoms with van der Waals surface area (Å²) in [6, 6.07) is 10.7. The standard InChI is InChI=1S/C19H26N2O4S/c1-3-16-5-7-17(8-6-16)26(22,23)20-14-18(19-9-4-15(2)25-19)21-10-12-24-13-11-21/h4-9,18,20H,3,10-14H2,1-2H3. The molecule has 1 N–H and O–H groups in total. The molecule has 0 aliphatic carbocycles. The maximum atomic E-state index is 12.7. The third-order valence-electron chi connectivity index (χ3n) is 4.68. The summed E-state index contributed by atoms with van der Waals surface area (Å²) in [4.78, 5) is 2.48. The number of aryl methyl sites for hydroxylation is 2. The first-order valence-electron chi connectivity index (χ1n) is 8.96. The van der Waals surface area contributed by atoms with Crippen LogP contribution < -0.4 is 4.72 Å². The predicted molar refractivity (Wildman–Crippen MR) is 99.6 cm³/mol. The summed E-state index contributed by atoms with van der Waals surface area (Å²) in [5, 5.41) is 0. The van der Waals surface area contributed by atoms with Crippen LogP contribution in [0.2, 0.25) is 0 Å². The summed E-state index contributed by atoms with van der Waals surface area (Å²) in [5.41, 5.74) is 1.11. The topological polar surface area (TPSA) is 71.8 Å². The summed E-state index contributed by atoms with van der Waals surface area (Å²) in [7, 11) is -3.57. The van der Waals surface area contributed by atoms with Gasteiger partial charge in [0.25, 0.3) is 0 Å². The van der Waals surface area contributed by atoms with E-state index in [-0.39, 0.29) is 17.5 Å². The number of rotatable bonds is 7. The van der Waals surface area contributed by atoms with Gasteiger partial charge in [0.05, 0.1) is 24.2 Å². The number of nitrogens with zero attached hydrogens (tertiary/aromatic N) is 1. The smallest absolute Gasteiger partial charge is 0.240 e. The van der Waals surface area contributed by atoms with Crippen molar-refractivity contribution < 1.29 is 17.6 Å². The lowest BCUT2D eigenvalue weighted by atomic mass is 10.2. The fraction of sp³-hybridized carbons (Fsp3) is 0.474. The van der Waals surface area contributed by atoms with Gasteiger partial charge < -0.3 is 9.15 Å². The Labute approximate surface area is 155 Å². The Balaban J connectivity index is 1.75. The highest BCUT2D eigenvalue weighted by atomic mass is 32.2. The molecule has 26 heavy (non-hydrogen) atoms. The molecule has 1 atom stereocenters. The van der Waals surface area contributed by atoms with Crippen molar-refractivity contribution in [3.63, 3.8) is 0 Å². The molecule has 3 rings (SSSR count). The molecule has 1 unspecified atom stereocenters. The van der Waals surface area contributed by atoms with Crippen molar-refractivity contribution in [3.8, 4) is 0 Å². The lowest BCUT2D eigenvalue weighted by molar-refractivity contribution is 0.0127. The Morgan fingerprint density at radius 2 is 1.81 bits per heavy atom. The zero-order chi connectivity index (χ0) is 18.6. The molecular formula is C19H26N2O4S. The van der Waals surface area contributed by atoms with E-state index in [2.05, 4.69) is 9.62 Å². The number of ether oxygens (including phenoxy) is 1. The van der Waals surface area contributed by atoms with Crippen molar-refractivity contribution in [1.29, 1.82) is 0 Å². The van der Waals surface area contributed by atoms with Gasteiger partial charge in [0.1, 0.15) is 11.5 Å². The summed E-state index contributed by atoms with van der Waals surface area (Å²) >= 11 is 0. The quantitative estimate of drug-likeness (QED) is 0.801. The molecule has 1 saturated heterocycles. The van der Waals surface area contributed by atoms with Gasteiger partial charge in [-0.05, 0) is 43.2 Å². The Bertz CT molecular complexity index is 808. The molecule has 2 heterocycles. The average Bonchev–Trinajstić information content (AvgIpc) is 3.09. The third-order valence-corrected chi connectivity index (χ3v) is 6.12. The number of benzene rings is 1. The minimum atomic E-state index is -3.57. The van der Waals surface area contributed by atoms with Crippen molar-refractivity contribution in [2.24, 2.45) is 0 Å². The number of morpholine rings is 1. The predicted octanol–water partition coefficient (Wildman–Crippen LogP) is 2.50. The molecule has 0 spiro atoms. The maximum Gasteiger partial charge on any atom is 0.240 e. The molecule has 0 bridgehead atoms. The van der Waals surface area contributed by atoms with Gasteiger partial charge in [-0.3, -0.25) is 4.90 Å². The summed E-state index contributed by atoms with van der Waals surface area (Å²) in [6.07, 6.45) is 0.880. The molecule has 0 saturated carbocycles. The van der Waals surface area contributed by atoms with Gasteiger partial charge >= 0.3 is 0 Å². The van der Waals surface area contributed by atoms with E-state index < -0.39 is 10.0 Å². The van der Waals surface area contributed by atoms with Crippen molar-refractivity contribution in [2.45, 2.75) is 31.2 Å². The Kier molecular flexibility index (Phi) is 6.13. The highest BCUT2D eigenvalue weighted by Gasteiger charge is 2.27. The minimum Gasteiger partial charge on any atom is -0.465 e. The Hall–Kier alpha value is -1.67. The van der Waals surface area contributed by atoms with Gasteiger partial charge in [0.2, 0.25) is 10.0 Å². The van der Waals surface area contributed by atoms with E-state index in [0.29, 0.717) is 13.2 Å². The maximum absolute atomic E-state index is 12.7. The highest BCUT2D eigenvalue weighted by molar-refractivity contribution is 7.89. The molecule has 7 heteroatoms. The largest absolute Gasteiger partial charge is 0.465 e. The number of sulfonamides is 1. The van der Waals surface area contributed by atoms with Crippen LogP contribution in [0.4, 0.5) is 0 Å². The lowest BCUT2D eigenvalue weighted by Crippen LogP contribution is -2.43. The monoisotopic (exact) mass is 378 g/mol. The third kappa shape index (κ3) is 4.54. The van der Waals surface area contributed by atoms with Gasteiger partial charge in [-0.15, -0.1) is 0 Å². The van der Waals surface area contributed by atoms with Crippen LogP contribution in [0.3, 0.4) is 0 Å². The molecule has 0 radical (unpaired) electrons. The molecule has 142 valence electrons. The van der Waals surface area contributed by atoms with Crippen LogP contribution in [0, 0.1) is 6.92 Å². The van der Waals surface area contributed by atoms with E-state index in [0.717, 1.165) is 36.6 Å².